The molecule has 0 rings (SSSR count). The number of halogens is 1. The Morgan fingerprint density at radius 2 is 2.43 bits per heavy atom. The van der Waals surface area contributed by atoms with Crippen LogP contribution in [0.5, 0.6) is 0 Å². The SMILES string of the molecule is C/C=C\[C]=C\CBr. The molecule has 0 aliphatic carbocycles. The van der Waals surface area contributed by atoms with Crippen LogP contribution in [0.2, 0.25) is 0 Å². The van der Waals surface area contributed by atoms with Gasteiger partial charge in [-0.3, -0.25) is 0 Å². The van der Waals surface area contributed by atoms with Crippen molar-refractivity contribution in [1.29, 1.82) is 0 Å². The quantitative estimate of drug-likeness (QED) is 0.429. The van der Waals surface area contributed by atoms with Gasteiger partial charge < -0.3 is 0 Å². The van der Waals surface area contributed by atoms with Crippen LogP contribution in [0.1, 0.15) is 6.92 Å². The Bertz CT molecular complexity index is 72.2. The summed E-state index contributed by atoms with van der Waals surface area (Å²) in [5.41, 5.74) is 0. The van der Waals surface area contributed by atoms with Crippen LogP contribution in [-0.2, 0) is 0 Å². The predicted molar refractivity (Wildman–Crippen MR) is 36.4 cm³/mol. The second-order valence-corrected chi connectivity index (χ2v) is 1.67. The van der Waals surface area contributed by atoms with Gasteiger partial charge in [0, 0.05) is 5.33 Å². The van der Waals surface area contributed by atoms with Crippen LogP contribution < -0.4 is 0 Å². The molecule has 0 aliphatic rings. The Morgan fingerprint density at radius 1 is 1.71 bits per heavy atom. The van der Waals surface area contributed by atoms with E-state index in [1.807, 2.05) is 25.2 Å². The van der Waals surface area contributed by atoms with Gasteiger partial charge in [0.1, 0.15) is 0 Å². The van der Waals surface area contributed by atoms with E-state index in [2.05, 4.69) is 22.0 Å². The van der Waals surface area contributed by atoms with E-state index in [1.54, 1.807) is 0 Å². The van der Waals surface area contributed by atoms with Crippen LogP contribution in [0.15, 0.2) is 18.2 Å². The first-order chi connectivity index (χ1) is 3.41. The van der Waals surface area contributed by atoms with Crippen molar-refractivity contribution >= 4 is 15.9 Å². The lowest BCUT2D eigenvalue weighted by atomic mass is 10.5. The average Bonchev–Trinajstić information content (AvgIpc) is 1.69. The fourth-order valence-corrected chi connectivity index (χ4v) is 0.396. The van der Waals surface area contributed by atoms with E-state index in [0.717, 1.165) is 5.33 Å². The third-order valence-corrected chi connectivity index (χ3v) is 0.782. The summed E-state index contributed by atoms with van der Waals surface area (Å²) in [7, 11) is 0. The number of hydrogen-bond acceptors (Lipinski definition) is 0. The molecular formula is C6H8Br. The lowest BCUT2D eigenvalue weighted by Gasteiger charge is -1.67. The molecule has 0 aromatic heterocycles. The molecule has 0 saturated carbocycles. The summed E-state index contributed by atoms with van der Waals surface area (Å²) in [4.78, 5) is 0. The Kier molecular flexibility index (Phi) is 5.93. The first-order valence-corrected chi connectivity index (χ1v) is 3.29. The van der Waals surface area contributed by atoms with Crippen molar-refractivity contribution in [1.82, 2.24) is 0 Å². The largest absolute Gasteiger partial charge is 0.0883 e. The van der Waals surface area contributed by atoms with Crippen molar-refractivity contribution in [3.8, 4) is 0 Å². The lowest BCUT2D eigenvalue weighted by molar-refractivity contribution is 1.67. The Hall–Kier alpha value is -0.0400. The maximum Gasteiger partial charge on any atom is 0.0221 e. The summed E-state index contributed by atoms with van der Waals surface area (Å²) in [6.07, 6.45) is 8.67. The van der Waals surface area contributed by atoms with Crippen molar-refractivity contribution < 1.29 is 0 Å². The van der Waals surface area contributed by atoms with E-state index in [0.29, 0.717) is 0 Å². The molecule has 0 fully saturated rings. The second-order valence-electron chi connectivity index (χ2n) is 1.03. The number of rotatable bonds is 2. The van der Waals surface area contributed by atoms with Gasteiger partial charge in [-0.2, -0.15) is 0 Å². The Morgan fingerprint density at radius 3 is 2.86 bits per heavy atom. The van der Waals surface area contributed by atoms with Gasteiger partial charge in [0.15, 0.2) is 0 Å². The van der Waals surface area contributed by atoms with Crippen LogP contribution in [0.4, 0.5) is 0 Å². The molecule has 0 aromatic carbocycles. The summed E-state index contributed by atoms with van der Waals surface area (Å²) >= 11 is 3.23. The van der Waals surface area contributed by atoms with Gasteiger partial charge in [-0.1, -0.05) is 34.2 Å². The first kappa shape index (κ1) is 6.96. The molecule has 1 radical (unpaired) electrons. The normalized spacial score (nSPS) is 11.7. The number of alkyl halides is 1. The molecule has 0 bridgehead atoms. The summed E-state index contributed by atoms with van der Waals surface area (Å²) in [5.74, 6) is 0. The van der Waals surface area contributed by atoms with Crippen molar-refractivity contribution in [3.63, 3.8) is 0 Å². The van der Waals surface area contributed by atoms with E-state index in [4.69, 9.17) is 0 Å². The zero-order chi connectivity index (χ0) is 5.54. The van der Waals surface area contributed by atoms with E-state index in [9.17, 15) is 0 Å². The molecule has 0 spiro atoms. The summed E-state index contributed by atoms with van der Waals surface area (Å²) in [6, 6.07) is 0. The van der Waals surface area contributed by atoms with Crippen molar-refractivity contribution in [2.75, 3.05) is 5.33 Å². The molecule has 7 heavy (non-hydrogen) atoms. The molecule has 0 aliphatic heterocycles. The molecule has 0 nitrogen and oxygen atoms in total. The fraction of sp³-hybridized carbons (Fsp3) is 0.333. The Balaban J connectivity index is 3.09. The topological polar surface area (TPSA) is 0 Å². The minimum Gasteiger partial charge on any atom is -0.0883 e. The van der Waals surface area contributed by atoms with Crippen LogP contribution in [0.25, 0.3) is 0 Å². The maximum atomic E-state index is 3.23. The van der Waals surface area contributed by atoms with Gasteiger partial charge in [0.25, 0.3) is 0 Å². The molecule has 0 aromatic rings. The summed E-state index contributed by atoms with van der Waals surface area (Å²) in [5, 5.41) is 0.886. The van der Waals surface area contributed by atoms with Crippen molar-refractivity contribution in [3.05, 3.63) is 24.3 Å². The van der Waals surface area contributed by atoms with Crippen LogP contribution >= 0.6 is 15.9 Å². The minimum absolute atomic E-state index is 0.886. The van der Waals surface area contributed by atoms with E-state index >= 15 is 0 Å². The Labute approximate surface area is 53.1 Å². The van der Waals surface area contributed by atoms with Gasteiger partial charge in [0.2, 0.25) is 0 Å². The minimum atomic E-state index is 0.886. The molecule has 39 valence electrons. The van der Waals surface area contributed by atoms with Crippen LogP contribution in [0, 0.1) is 6.08 Å². The highest BCUT2D eigenvalue weighted by atomic mass is 79.9. The average molecular weight is 160 g/mol. The molecular weight excluding hydrogens is 152 g/mol. The summed E-state index contributed by atoms with van der Waals surface area (Å²) < 4.78 is 0. The van der Waals surface area contributed by atoms with Crippen LogP contribution in [-0.4, -0.2) is 5.33 Å². The first-order valence-electron chi connectivity index (χ1n) is 2.16. The summed E-state index contributed by atoms with van der Waals surface area (Å²) in [6.45, 7) is 1.97. The zero-order valence-electron chi connectivity index (χ0n) is 4.32. The van der Waals surface area contributed by atoms with Gasteiger partial charge >= 0.3 is 0 Å². The van der Waals surface area contributed by atoms with Gasteiger partial charge in [-0.05, 0) is 13.0 Å². The standard InChI is InChI=1S/C6H8Br/c1-2-3-4-5-6-7/h2-3,5H,6H2,1H3/b3-2-,5-4?. The third kappa shape index (κ3) is 5.96. The molecule has 0 saturated heterocycles. The molecule has 0 atom stereocenters. The molecule has 0 N–H and O–H groups in total. The fourth-order valence-electron chi connectivity index (χ4n) is 0.209. The van der Waals surface area contributed by atoms with Gasteiger partial charge in [-0.25, -0.2) is 0 Å². The monoisotopic (exact) mass is 159 g/mol. The van der Waals surface area contributed by atoms with Crippen molar-refractivity contribution in [2.24, 2.45) is 0 Å². The van der Waals surface area contributed by atoms with Crippen LogP contribution in [0.3, 0.4) is 0 Å². The van der Waals surface area contributed by atoms with Crippen molar-refractivity contribution in [2.45, 2.75) is 6.92 Å². The number of allylic oxidation sites excluding steroid dienone is 4. The second kappa shape index (κ2) is 5.96. The number of hydrogen-bond donors (Lipinski definition) is 0. The highest BCUT2D eigenvalue weighted by molar-refractivity contribution is 9.09. The molecule has 1 heteroatoms. The molecule has 0 unspecified atom stereocenters. The molecule has 0 amide bonds. The highest BCUT2D eigenvalue weighted by Crippen LogP contribution is 1.80. The maximum absolute atomic E-state index is 3.23. The lowest BCUT2D eigenvalue weighted by Crippen LogP contribution is -1.54. The van der Waals surface area contributed by atoms with Gasteiger partial charge in [-0.15, -0.1) is 0 Å². The van der Waals surface area contributed by atoms with E-state index < -0.39 is 0 Å². The predicted octanol–water partition coefficient (Wildman–Crippen LogP) is 2.32. The zero-order valence-corrected chi connectivity index (χ0v) is 5.90. The molecule has 0 heterocycles. The third-order valence-electron chi connectivity index (χ3n) is 0.458. The van der Waals surface area contributed by atoms with E-state index in [1.165, 1.54) is 0 Å². The highest BCUT2D eigenvalue weighted by Gasteiger charge is 1.60. The van der Waals surface area contributed by atoms with E-state index in [-0.39, 0.29) is 0 Å². The van der Waals surface area contributed by atoms with Gasteiger partial charge in [0.05, 0.1) is 0 Å². The smallest absolute Gasteiger partial charge is 0.0221 e.